The van der Waals surface area contributed by atoms with Gasteiger partial charge in [0.25, 0.3) is 5.92 Å². The predicted molar refractivity (Wildman–Crippen MR) is 111 cm³/mol. The molecular weight excluding hydrogens is 396 g/mol. The van der Waals surface area contributed by atoms with Crippen molar-refractivity contribution < 1.29 is 17.2 Å². The van der Waals surface area contributed by atoms with Crippen LogP contribution in [0.3, 0.4) is 0 Å². The van der Waals surface area contributed by atoms with Gasteiger partial charge in [-0.1, -0.05) is 6.07 Å². The van der Waals surface area contributed by atoms with Crippen LogP contribution in [0.1, 0.15) is 36.0 Å². The van der Waals surface area contributed by atoms with Crippen LogP contribution in [0, 0.1) is 20.8 Å². The van der Waals surface area contributed by atoms with Gasteiger partial charge in [-0.25, -0.2) is 17.2 Å². The van der Waals surface area contributed by atoms with Gasteiger partial charge in [-0.2, -0.15) is 4.31 Å². The van der Waals surface area contributed by atoms with E-state index in [0.717, 1.165) is 16.7 Å². The van der Waals surface area contributed by atoms with Gasteiger partial charge in [0.2, 0.25) is 10.0 Å². The zero-order valence-electron chi connectivity index (χ0n) is 18.1. The maximum Gasteiger partial charge on any atom is 0.262 e. The van der Waals surface area contributed by atoms with Crippen LogP contribution in [0.15, 0.2) is 17.0 Å². The van der Waals surface area contributed by atoms with E-state index in [1.807, 2.05) is 50.7 Å². The molecule has 2 aliphatic rings. The molecule has 8 heteroatoms. The highest BCUT2D eigenvalue weighted by atomic mass is 32.2. The fourth-order valence-corrected chi connectivity index (χ4v) is 6.47. The lowest BCUT2D eigenvalue weighted by Gasteiger charge is -2.39. The van der Waals surface area contributed by atoms with Crippen molar-refractivity contribution in [1.29, 1.82) is 0 Å². The lowest BCUT2D eigenvalue weighted by molar-refractivity contribution is 0.00468. The number of benzene rings is 1. The second-order valence-electron chi connectivity index (χ2n) is 8.99. The SMILES string of the molecule is Cc1cc(C)c(S(=O)(=O)N2CCC(N3CC(F)(F)C[C@H]3CN(C)C)CC2)cc1C. The van der Waals surface area contributed by atoms with E-state index in [1.54, 1.807) is 6.07 Å². The summed E-state index contributed by atoms with van der Waals surface area (Å²) in [4.78, 5) is 4.23. The van der Waals surface area contributed by atoms with E-state index < -0.39 is 15.9 Å². The minimum Gasteiger partial charge on any atom is -0.308 e. The topological polar surface area (TPSA) is 43.9 Å². The van der Waals surface area contributed by atoms with E-state index in [1.165, 1.54) is 4.31 Å². The molecule has 164 valence electrons. The molecule has 0 N–H and O–H groups in total. The predicted octanol–water partition coefficient (Wildman–Crippen LogP) is 3.04. The van der Waals surface area contributed by atoms with E-state index in [0.29, 0.717) is 37.4 Å². The summed E-state index contributed by atoms with van der Waals surface area (Å²) >= 11 is 0. The van der Waals surface area contributed by atoms with Crippen molar-refractivity contribution in [2.45, 2.75) is 62.9 Å². The van der Waals surface area contributed by atoms with Crippen molar-refractivity contribution in [1.82, 2.24) is 14.1 Å². The Morgan fingerprint density at radius 2 is 1.66 bits per heavy atom. The first-order chi connectivity index (χ1) is 13.4. The molecule has 2 heterocycles. The smallest absolute Gasteiger partial charge is 0.262 e. The van der Waals surface area contributed by atoms with Crippen LogP contribution in [0.2, 0.25) is 0 Å². The highest BCUT2D eigenvalue weighted by Gasteiger charge is 2.48. The zero-order valence-corrected chi connectivity index (χ0v) is 18.9. The van der Waals surface area contributed by atoms with E-state index in [4.69, 9.17) is 0 Å². The van der Waals surface area contributed by atoms with E-state index >= 15 is 0 Å². The Kier molecular flexibility index (Phi) is 6.40. The summed E-state index contributed by atoms with van der Waals surface area (Å²) in [7, 11) is 0.221. The van der Waals surface area contributed by atoms with Crippen LogP contribution in [0.5, 0.6) is 0 Å². The maximum absolute atomic E-state index is 14.1. The first kappa shape index (κ1) is 22.6. The average molecular weight is 430 g/mol. The molecule has 0 unspecified atom stereocenters. The van der Waals surface area contributed by atoms with Gasteiger partial charge >= 0.3 is 0 Å². The highest BCUT2D eigenvalue weighted by molar-refractivity contribution is 7.89. The van der Waals surface area contributed by atoms with Gasteiger partial charge in [0, 0.05) is 38.1 Å². The van der Waals surface area contributed by atoms with Crippen LogP contribution in [-0.2, 0) is 10.0 Å². The molecule has 1 aromatic carbocycles. The number of piperidine rings is 1. The second-order valence-corrected chi connectivity index (χ2v) is 10.9. The number of likely N-dealkylation sites (tertiary alicyclic amines) is 1. The van der Waals surface area contributed by atoms with Crippen molar-refractivity contribution in [3.63, 3.8) is 0 Å². The van der Waals surface area contributed by atoms with Crippen molar-refractivity contribution >= 4 is 10.0 Å². The average Bonchev–Trinajstić information content (AvgIpc) is 2.91. The van der Waals surface area contributed by atoms with E-state index in [9.17, 15) is 17.2 Å². The molecule has 0 radical (unpaired) electrons. The monoisotopic (exact) mass is 429 g/mol. The van der Waals surface area contributed by atoms with Crippen molar-refractivity contribution in [2.24, 2.45) is 0 Å². The molecule has 0 spiro atoms. The summed E-state index contributed by atoms with van der Waals surface area (Å²) in [5.41, 5.74) is 2.78. The Bertz CT molecular complexity index is 850. The van der Waals surface area contributed by atoms with Crippen molar-refractivity contribution in [2.75, 3.05) is 40.3 Å². The molecule has 3 rings (SSSR count). The summed E-state index contributed by atoms with van der Waals surface area (Å²) in [6.45, 7) is 6.82. The molecule has 0 aliphatic carbocycles. The Morgan fingerprint density at radius 3 is 2.24 bits per heavy atom. The van der Waals surface area contributed by atoms with Gasteiger partial charge in [0.15, 0.2) is 0 Å². The summed E-state index contributed by atoms with van der Waals surface area (Å²) in [5, 5.41) is 0. The van der Waals surface area contributed by atoms with Crippen LogP contribution >= 0.6 is 0 Å². The number of rotatable bonds is 5. The third-order valence-corrected chi connectivity index (χ3v) is 8.34. The Hall–Kier alpha value is -1.09. The largest absolute Gasteiger partial charge is 0.308 e. The second kappa shape index (κ2) is 8.21. The molecule has 5 nitrogen and oxygen atoms in total. The molecule has 0 amide bonds. The number of hydrogen-bond donors (Lipinski definition) is 0. The van der Waals surface area contributed by atoms with Crippen LogP contribution in [-0.4, -0.2) is 80.8 Å². The molecule has 29 heavy (non-hydrogen) atoms. The number of hydrogen-bond acceptors (Lipinski definition) is 4. The Balaban J connectivity index is 1.72. The standard InChI is InChI=1S/C21H33F2N3O2S/c1-15-10-17(3)20(11-16(15)2)29(27,28)25-8-6-18(7-9-25)26-14-21(22,23)12-19(26)13-24(4)5/h10-11,18-19H,6-9,12-14H2,1-5H3/t19-/m0/s1. The first-order valence-electron chi connectivity index (χ1n) is 10.3. The van der Waals surface area contributed by atoms with E-state index in [2.05, 4.69) is 0 Å². The maximum atomic E-state index is 14.1. The fraction of sp³-hybridized carbons (Fsp3) is 0.714. The number of likely N-dealkylation sites (N-methyl/N-ethyl adjacent to an activating group) is 1. The van der Waals surface area contributed by atoms with Gasteiger partial charge in [-0.3, -0.25) is 4.90 Å². The lowest BCUT2D eigenvalue weighted by Crippen LogP contribution is -2.50. The number of nitrogens with zero attached hydrogens (tertiary/aromatic N) is 3. The van der Waals surface area contributed by atoms with Gasteiger partial charge in [-0.15, -0.1) is 0 Å². The minimum atomic E-state index is -3.58. The van der Waals surface area contributed by atoms with Crippen LogP contribution < -0.4 is 0 Å². The zero-order chi connectivity index (χ0) is 21.6. The molecular formula is C21H33F2N3O2S. The Labute approximate surface area is 173 Å². The van der Waals surface area contributed by atoms with Crippen molar-refractivity contribution in [3.05, 3.63) is 28.8 Å². The first-order valence-corrected chi connectivity index (χ1v) is 11.7. The quantitative estimate of drug-likeness (QED) is 0.722. The molecule has 1 aromatic rings. The Morgan fingerprint density at radius 1 is 1.07 bits per heavy atom. The molecule has 0 bridgehead atoms. The number of sulfonamides is 1. The molecule has 2 fully saturated rings. The van der Waals surface area contributed by atoms with Gasteiger partial charge in [0.05, 0.1) is 11.4 Å². The number of aryl methyl sites for hydroxylation is 3. The summed E-state index contributed by atoms with van der Waals surface area (Å²) in [6.07, 6.45) is 1.05. The molecule has 0 saturated carbocycles. The fourth-order valence-electron chi connectivity index (χ4n) is 4.71. The highest BCUT2D eigenvalue weighted by Crippen LogP contribution is 2.36. The molecule has 2 saturated heterocycles. The van der Waals surface area contributed by atoms with Gasteiger partial charge in [0.1, 0.15) is 0 Å². The molecule has 0 aromatic heterocycles. The van der Waals surface area contributed by atoms with Crippen LogP contribution in [0.25, 0.3) is 0 Å². The number of halogens is 2. The van der Waals surface area contributed by atoms with Gasteiger partial charge in [-0.05, 0) is 70.5 Å². The third kappa shape index (κ3) is 4.81. The van der Waals surface area contributed by atoms with E-state index in [-0.39, 0.29) is 25.0 Å². The lowest BCUT2D eigenvalue weighted by atomic mass is 10.0. The minimum absolute atomic E-state index is 0.000579. The molecule has 1 atom stereocenters. The summed E-state index contributed by atoms with van der Waals surface area (Å²) < 4.78 is 56.1. The molecule has 2 aliphatic heterocycles. The summed E-state index contributed by atoms with van der Waals surface area (Å²) in [5.74, 6) is -2.67. The number of alkyl halides is 2. The normalized spacial score (nSPS) is 24.5. The summed E-state index contributed by atoms with van der Waals surface area (Å²) in [6, 6.07) is 3.48. The van der Waals surface area contributed by atoms with Crippen molar-refractivity contribution in [3.8, 4) is 0 Å². The van der Waals surface area contributed by atoms with Gasteiger partial charge < -0.3 is 4.90 Å². The third-order valence-electron chi connectivity index (χ3n) is 6.29. The van der Waals surface area contributed by atoms with Crippen LogP contribution in [0.4, 0.5) is 8.78 Å².